The largest absolute Gasteiger partial charge is 0.380 e. The number of rotatable bonds is 6. The molecule has 0 aliphatic carbocycles. The normalized spacial score (nSPS) is 14.4. The molecule has 17 heavy (non-hydrogen) atoms. The summed E-state index contributed by atoms with van der Waals surface area (Å²) in [5.74, 6) is -0.452. The van der Waals surface area contributed by atoms with E-state index in [9.17, 15) is 8.78 Å². The Hall–Kier alpha value is -1.12. The van der Waals surface area contributed by atoms with Gasteiger partial charge in [-0.15, -0.1) is 0 Å². The van der Waals surface area contributed by atoms with E-state index in [2.05, 4.69) is 26.1 Å². The number of halogens is 2. The van der Waals surface area contributed by atoms with Crippen molar-refractivity contribution < 1.29 is 8.78 Å². The number of hydrogen-bond acceptors (Lipinski definition) is 1. The minimum Gasteiger partial charge on any atom is -0.380 e. The Kier molecular flexibility index (Phi) is 5.39. The second-order valence-electron chi connectivity index (χ2n) is 4.62. The van der Waals surface area contributed by atoms with Gasteiger partial charge in [0.05, 0.1) is 5.69 Å². The molecule has 3 heteroatoms. The van der Waals surface area contributed by atoms with Gasteiger partial charge in [0.15, 0.2) is 0 Å². The lowest BCUT2D eigenvalue weighted by Gasteiger charge is -2.21. The third-order valence-corrected chi connectivity index (χ3v) is 3.17. The standard InChI is InChI=1S/C14H21F2N/c1-4-10(3)8-12(5-2)17-14-7-6-11(15)9-13(14)16/h6-7,9-10,12,17H,4-5,8H2,1-3H3. The zero-order valence-corrected chi connectivity index (χ0v) is 10.8. The van der Waals surface area contributed by atoms with Crippen LogP contribution in [0.1, 0.15) is 40.0 Å². The Morgan fingerprint density at radius 3 is 2.41 bits per heavy atom. The molecule has 0 aromatic heterocycles. The number of benzene rings is 1. The highest BCUT2D eigenvalue weighted by Crippen LogP contribution is 2.20. The van der Waals surface area contributed by atoms with Crippen molar-refractivity contribution in [3.63, 3.8) is 0 Å². The lowest BCUT2D eigenvalue weighted by Crippen LogP contribution is -2.21. The quantitative estimate of drug-likeness (QED) is 0.768. The van der Waals surface area contributed by atoms with Crippen LogP contribution in [0.15, 0.2) is 18.2 Å². The van der Waals surface area contributed by atoms with Gasteiger partial charge in [-0.2, -0.15) is 0 Å². The number of nitrogens with one attached hydrogen (secondary N) is 1. The van der Waals surface area contributed by atoms with Crippen molar-refractivity contribution in [2.45, 2.75) is 46.1 Å². The minimum atomic E-state index is -0.539. The summed E-state index contributed by atoms with van der Waals surface area (Å²) in [6.45, 7) is 6.41. The summed E-state index contributed by atoms with van der Waals surface area (Å²) in [5.41, 5.74) is 0.390. The maximum absolute atomic E-state index is 13.5. The fourth-order valence-electron chi connectivity index (χ4n) is 1.81. The molecule has 0 fully saturated rings. The van der Waals surface area contributed by atoms with Crippen LogP contribution >= 0.6 is 0 Å². The zero-order valence-electron chi connectivity index (χ0n) is 10.8. The van der Waals surface area contributed by atoms with Gasteiger partial charge in [0.2, 0.25) is 0 Å². The molecule has 2 unspecified atom stereocenters. The van der Waals surface area contributed by atoms with Crippen molar-refractivity contribution in [2.24, 2.45) is 5.92 Å². The van der Waals surface area contributed by atoms with Crippen LogP contribution in [0, 0.1) is 17.6 Å². The van der Waals surface area contributed by atoms with Gasteiger partial charge in [-0.3, -0.25) is 0 Å². The van der Waals surface area contributed by atoms with E-state index in [-0.39, 0.29) is 6.04 Å². The van der Waals surface area contributed by atoms with Gasteiger partial charge in [0, 0.05) is 12.1 Å². The molecule has 0 aliphatic rings. The smallest absolute Gasteiger partial charge is 0.149 e. The molecular formula is C14H21F2N. The van der Waals surface area contributed by atoms with E-state index in [1.807, 2.05) is 0 Å². The molecule has 0 aliphatic heterocycles. The molecule has 96 valence electrons. The first-order valence-corrected chi connectivity index (χ1v) is 6.28. The molecule has 0 spiro atoms. The Morgan fingerprint density at radius 2 is 1.88 bits per heavy atom. The van der Waals surface area contributed by atoms with Crippen LogP contribution in [0.4, 0.5) is 14.5 Å². The van der Waals surface area contributed by atoms with Crippen LogP contribution in [-0.4, -0.2) is 6.04 Å². The Labute approximate surface area is 102 Å². The molecule has 0 heterocycles. The molecule has 1 N–H and O–H groups in total. The molecule has 2 atom stereocenters. The second kappa shape index (κ2) is 6.58. The Morgan fingerprint density at radius 1 is 1.18 bits per heavy atom. The first-order valence-electron chi connectivity index (χ1n) is 6.28. The minimum absolute atomic E-state index is 0.241. The van der Waals surface area contributed by atoms with Crippen molar-refractivity contribution in [1.82, 2.24) is 0 Å². The summed E-state index contributed by atoms with van der Waals surface area (Å²) in [6.07, 6.45) is 3.05. The van der Waals surface area contributed by atoms with E-state index in [1.165, 1.54) is 12.1 Å². The summed E-state index contributed by atoms with van der Waals surface area (Å²) in [5, 5.41) is 3.15. The maximum atomic E-state index is 13.5. The van der Waals surface area contributed by atoms with Crippen LogP contribution < -0.4 is 5.32 Å². The van der Waals surface area contributed by atoms with Crippen LogP contribution in [-0.2, 0) is 0 Å². The summed E-state index contributed by atoms with van der Waals surface area (Å²) < 4.78 is 26.2. The second-order valence-corrected chi connectivity index (χ2v) is 4.62. The van der Waals surface area contributed by atoms with E-state index in [4.69, 9.17) is 0 Å². The zero-order chi connectivity index (χ0) is 12.8. The molecule has 0 amide bonds. The Balaban J connectivity index is 2.67. The van der Waals surface area contributed by atoms with Crippen LogP contribution in [0.25, 0.3) is 0 Å². The molecule has 0 saturated carbocycles. The first kappa shape index (κ1) is 13.9. The average molecular weight is 241 g/mol. The van der Waals surface area contributed by atoms with Gasteiger partial charge >= 0.3 is 0 Å². The van der Waals surface area contributed by atoms with Gasteiger partial charge < -0.3 is 5.32 Å². The van der Waals surface area contributed by atoms with Gasteiger partial charge in [0.25, 0.3) is 0 Å². The van der Waals surface area contributed by atoms with Crippen LogP contribution in [0.5, 0.6) is 0 Å². The average Bonchev–Trinajstić information content (AvgIpc) is 2.31. The number of hydrogen-bond donors (Lipinski definition) is 1. The molecule has 0 radical (unpaired) electrons. The molecule has 1 nitrogen and oxygen atoms in total. The Bertz CT molecular complexity index is 352. The van der Waals surface area contributed by atoms with Gasteiger partial charge in [0.1, 0.15) is 11.6 Å². The molecular weight excluding hydrogens is 220 g/mol. The van der Waals surface area contributed by atoms with Crippen molar-refractivity contribution in [2.75, 3.05) is 5.32 Å². The predicted octanol–water partition coefficient (Wildman–Crippen LogP) is 4.59. The number of anilines is 1. The molecule has 1 aromatic rings. The highest BCUT2D eigenvalue weighted by Gasteiger charge is 2.12. The monoisotopic (exact) mass is 241 g/mol. The lowest BCUT2D eigenvalue weighted by molar-refractivity contribution is 0.460. The molecule has 0 saturated heterocycles. The van der Waals surface area contributed by atoms with E-state index < -0.39 is 11.6 Å². The topological polar surface area (TPSA) is 12.0 Å². The van der Waals surface area contributed by atoms with Gasteiger partial charge in [-0.1, -0.05) is 27.2 Å². The molecule has 0 bridgehead atoms. The SMILES string of the molecule is CCC(C)CC(CC)Nc1ccc(F)cc1F. The summed E-state index contributed by atoms with van der Waals surface area (Å²) in [6, 6.07) is 3.90. The summed E-state index contributed by atoms with van der Waals surface area (Å²) in [4.78, 5) is 0. The molecule has 1 aromatic carbocycles. The van der Waals surface area contributed by atoms with E-state index in [0.29, 0.717) is 11.6 Å². The highest BCUT2D eigenvalue weighted by molar-refractivity contribution is 5.45. The van der Waals surface area contributed by atoms with Crippen molar-refractivity contribution in [3.05, 3.63) is 29.8 Å². The van der Waals surface area contributed by atoms with E-state index >= 15 is 0 Å². The van der Waals surface area contributed by atoms with Crippen LogP contribution in [0.3, 0.4) is 0 Å². The third-order valence-electron chi connectivity index (χ3n) is 3.17. The highest BCUT2D eigenvalue weighted by atomic mass is 19.1. The van der Waals surface area contributed by atoms with Crippen molar-refractivity contribution in [3.8, 4) is 0 Å². The maximum Gasteiger partial charge on any atom is 0.149 e. The molecule has 1 rings (SSSR count). The van der Waals surface area contributed by atoms with Gasteiger partial charge in [-0.05, 0) is 30.9 Å². The lowest BCUT2D eigenvalue weighted by atomic mass is 9.97. The first-order chi connectivity index (χ1) is 8.06. The fourth-order valence-corrected chi connectivity index (χ4v) is 1.81. The van der Waals surface area contributed by atoms with E-state index in [1.54, 1.807) is 0 Å². The predicted molar refractivity (Wildman–Crippen MR) is 68.1 cm³/mol. The van der Waals surface area contributed by atoms with E-state index in [0.717, 1.165) is 25.3 Å². The van der Waals surface area contributed by atoms with Crippen molar-refractivity contribution in [1.29, 1.82) is 0 Å². The van der Waals surface area contributed by atoms with Crippen molar-refractivity contribution >= 4 is 5.69 Å². The summed E-state index contributed by atoms with van der Waals surface area (Å²) in [7, 11) is 0. The third kappa shape index (κ3) is 4.33. The summed E-state index contributed by atoms with van der Waals surface area (Å²) >= 11 is 0. The van der Waals surface area contributed by atoms with Gasteiger partial charge in [-0.25, -0.2) is 8.78 Å². The van der Waals surface area contributed by atoms with Crippen LogP contribution in [0.2, 0.25) is 0 Å². The fraction of sp³-hybridized carbons (Fsp3) is 0.571.